The fourth-order valence-electron chi connectivity index (χ4n) is 3.68. The molecule has 0 aromatic heterocycles. The Bertz CT molecular complexity index is 1440. The van der Waals surface area contributed by atoms with Crippen molar-refractivity contribution < 1.29 is 63.3 Å². The number of aliphatic carboxylic acids is 1. The van der Waals surface area contributed by atoms with Crippen molar-refractivity contribution in [2.45, 2.75) is 56.1 Å². The number of carbonyl (C=O) groups is 2. The van der Waals surface area contributed by atoms with E-state index in [9.17, 15) is 53.8 Å². The zero-order chi connectivity index (χ0) is 31.1. The predicted octanol–water partition coefficient (Wildman–Crippen LogP) is 5.80. The molecule has 0 spiro atoms. The second-order valence-electron chi connectivity index (χ2n) is 9.60. The summed E-state index contributed by atoms with van der Waals surface area (Å²) < 4.78 is 131. The van der Waals surface area contributed by atoms with E-state index in [1.807, 2.05) is 5.32 Å². The summed E-state index contributed by atoms with van der Waals surface area (Å²) in [6.45, 7) is 1.90. The number of hydrogen-bond donors (Lipinski definition) is 2. The molecule has 0 saturated heterocycles. The molecule has 0 radical (unpaired) electrons. The number of nitrogens with zero attached hydrogens (tertiary/aromatic N) is 1. The first kappa shape index (κ1) is 31.8. The van der Waals surface area contributed by atoms with Gasteiger partial charge in [-0.15, -0.1) is 0 Å². The molecule has 1 aliphatic heterocycles. The molecular formula is C24H23F7N2O7S. The van der Waals surface area contributed by atoms with Crippen LogP contribution in [0, 0.1) is 11.7 Å². The van der Waals surface area contributed by atoms with Gasteiger partial charge in [0, 0.05) is 5.69 Å². The molecular weight excluding hydrogens is 593 g/mol. The van der Waals surface area contributed by atoms with Gasteiger partial charge in [-0.1, -0.05) is 6.92 Å². The summed E-state index contributed by atoms with van der Waals surface area (Å²) in [6, 6.07) is 4.20. The molecule has 17 heteroatoms. The van der Waals surface area contributed by atoms with Gasteiger partial charge in [-0.2, -0.15) is 26.3 Å². The Morgan fingerprint density at radius 3 is 2.32 bits per heavy atom. The predicted molar refractivity (Wildman–Crippen MR) is 128 cm³/mol. The quantitative estimate of drug-likeness (QED) is 0.377. The number of alkyl halides is 6. The van der Waals surface area contributed by atoms with Crippen LogP contribution in [0.25, 0.3) is 0 Å². The van der Waals surface area contributed by atoms with Crippen LogP contribution in [-0.4, -0.2) is 50.0 Å². The van der Waals surface area contributed by atoms with E-state index in [0.717, 1.165) is 18.2 Å². The fourth-order valence-corrected chi connectivity index (χ4v) is 5.20. The average Bonchev–Trinajstić information content (AvgIpc) is 2.81. The molecule has 2 aromatic carbocycles. The smallest absolute Gasteiger partial charge is 0.427 e. The third-order valence-corrected chi connectivity index (χ3v) is 7.81. The molecule has 0 aliphatic carbocycles. The summed E-state index contributed by atoms with van der Waals surface area (Å²) in [5, 5.41) is 11.3. The zero-order valence-corrected chi connectivity index (χ0v) is 22.2. The lowest BCUT2D eigenvalue weighted by atomic mass is 10.0. The molecule has 2 atom stereocenters. The number of hydrogen-bond acceptors (Lipinski definition) is 6. The van der Waals surface area contributed by atoms with Gasteiger partial charge >= 0.3 is 24.4 Å². The molecule has 41 heavy (non-hydrogen) atoms. The van der Waals surface area contributed by atoms with E-state index >= 15 is 0 Å². The van der Waals surface area contributed by atoms with Crippen molar-refractivity contribution in [2.24, 2.45) is 5.92 Å². The number of benzene rings is 2. The average molecular weight is 617 g/mol. The van der Waals surface area contributed by atoms with Crippen LogP contribution in [-0.2, 0) is 25.7 Å². The number of fused-ring (bicyclic) bond motifs is 1. The number of amides is 1. The first-order valence-corrected chi connectivity index (χ1v) is 13.1. The number of nitrogens with one attached hydrogen (secondary N) is 1. The second kappa shape index (κ2) is 10.9. The van der Waals surface area contributed by atoms with Crippen LogP contribution in [0.1, 0.15) is 32.8 Å². The number of carbonyl (C=O) groups excluding carboxylic acids is 1. The standard InChI is InChI=1S/C24H23F7N2O7S/c1-12(20(34)35)8-14-11-33(41(37,38)15-5-6-17(25)16(10-15)23(26,27)28)18-9-13(4-7-19(18)39-14)32-21(36)40-22(2,3)24(29,30)31/h4-7,9-10,12,14H,8,11H2,1-3H3,(H,32,36)(H,34,35)/t12-,14+/m1/s1. The van der Waals surface area contributed by atoms with Gasteiger partial charge in [-0.25, -0.2) is 17.6 Å². The van der Waals surface area contributed by atoms with Gasteiger partial charge in [0.15, 0.2) is 0 Å². The van der Waals surface area contributed by atoms with E-state index in [1.54, 1.807) is 0 Å². The summed E-state index contributed by atoms with van der Waals surface area (Å²) >= 11 is 0. The zero-order valence-electron chi connectivity index (χ0n) is 21.4. The van der Waals surface area contributed by atoms with Crippen LogP contribution in [0.2, 0.25) is 0 Å². The summed E-state index contributed by atoms with van der Waals surface area (Å²) in [5.41, 5.74) is -5.37. The summed E-state index contributed by atoms with van der Waals surface area (Å²) in [4.78, 5) is 22.5. The summed E-state index contributed by atoms with van der Waals surface area (Å²) in [7, 11) is -4.91. The van der Waals surface area contributed by atoms with E-state index in [4.69, 9.17) is 4.74 Å². The largest absolute Gasteiger partial charge is 0.486 e. The minimum absolute atomic E-state index is 0.0906. The first-order valence-electron chi connectivity index (χ1n) is 11.6. The first-order chi connectivity index (χ1) is 18.6. The fraction of sp³-hybridized carbons (Fsp3) is 0.417. The molecule has 226 valence electrons. The van der Waals surface area contributed by atoms with Gasteiger partial charge in [0.05, 0.1) is 28.6 Å². The number of carboxylic acid groups (broad SMARTS) is 1. The lowest BCUT2D eigenvalue weighted by molar-refractivity contribution is -0.242. The van der Waals surface area contributed by atoms with Crippen molar-refractivity contribution in [1.29, 1.82) is 0 Å². The van der Waals surface area contributed by atoms with Crippen LogP contribution in [0.3, 0.4) is 0 Å². The molecule has 0 saturated carbocycles. The number of ether oxygens (including phenoxy) is 2. The summed E-state index contributed by atoms with van der Waals surface area (Å²) in [6.07, 6.45) is -13.1. The van der Waals surface area contributed by atoms with Crippen LogP contribution in [0.4, 0.5) is 46.9 Å². The Kier molecular flexibility index (Phi) is 8.45. The molecule has 1 heterocycles. The van der Waals surface area contributed by atoms with Gasteiger partial charge in [0.1, 0.15) is 17.7 Å². The maximum atomic E-state index is 13.9. The van der Waals surface area contributed by atoms with Crippen molar-refractivity contribution in [3.63, 3.8) is 0 Å². The molecule has 0 bridgehead atoms. The maximum absolute atomic E-state index is 13.9. The molecule has 2 N–H and O–H groups in total. The topological polar surface area (TPSA) is 122 Å². The monoisotopic (exact) mass is 616 g/mol. The lowest BCUT2D eigenvalue weighted by Gasteiger charge is -2.36. The Hall–Kier alpha value is -3.76. The molecule has 0 unspecified atom stereocenters. The Labute approximate surface area is 228 Å². The van der Waals surface area contributed by atoms with Gasteiger partial charge < -0.3 is 14.6 Å². The minimum Gasteiger partial charge on any atom is -0.486 e. The molecule has 9 nitrogen and oxygen atoms in total. The van der Waals surface area contributed by atoms with Crippen molar-refractivity contribution >= 4 is 33.5 Å². The number of halogens is 7. The number of rotatable bonds is 7. The highest BCUT2D eigenvalue weighted by Gasteiger charge is 2.51. The van der Waals surface area contributed by atoms with Crippen LogP contribution >= 0.6 is 0 Å². The number of carboxylic acids is 1. The highest BCUT2D eigenvalue weighted by Crippen LogP contribution is 2.41. The SMILES string of the molecule is C[C@H](C[C@H]1CN(S(=O)(=O)c2ccc(F)c(C(F)(F)F)c2)c2cc(NC(=O)OC(C)(C)C(F)(F)F)ccc2O1)C(=O)O. The molecule has 1 amide bonds. The van der Waals surface area contributed by atoms with Crippen molar-refractivity contribution in [3.05, 3.63) is 47.8 Å². The van der Waals surface area contributed by atoms with E-state index in [0.29, 0.717) is 30.3 Å². The molecule has 2 aromatic rings. The second-order valence-corrected chi connectivity index (χ2v) is 11.5. The van der Waals surface area contributed by atoms with Gasteiger partial charge in [0.25, 0.3) is 10.0 Å². The highest BCUT2D eigenvalue weighted by molar-refractivity contribution is 7.92. The lowest BCUT2D eigenvalue weighted by Crippen LogP contribution is -2.45. The third-order valence-electron chi connectivity index (χ3n) is 6.04. The van der Waals surface area contributed by atoms with Crippen molar-refractivity contribution in [2.75, 3.05) is 16.2 Å². The Balaban J connectivity index is 2.05. The van der Waals surface area contributed by atoms with Crippen molar-refractivity contribution in [3.8, 4) is 5.75 Å². The van der Waals surface area contributed by atoms with E-state index in [2.05, 4.69) is 4.74 Å². The molecule has 0 fully saturated rings. The van der Waals surface area contributed by atoms with Crippen LogP contribution in [0.5, 0.6) is 5.75 Å². The van der Waals surface area contributed by atoms with Crippen LogP contribution < -0.4 is 14.4 Å². The van der Waals surface area contributed by atoms with E-state index in [1.165, 1.54) is 6.92 Å². The van der Waals surface area contributed by atoms with E-state index in [-0.39, 0.29) is 29.6 Å². The number of anilines is 2. The Morgan fingerprint density at radius 2 is 1.76 bits per heavy atom. The third kappa shape index (κ3) is 6.94. The normalized spacial score (nSPS) is 16.8. The summed E-state index contributed by atoms with van der Waals surface area (Å²) in [5.74, 6) is -4.18. The van der Waals surface area contributed by atoms with Gasteiger partial charge in [-0.05, 0) is 56.7 Å². The van der Waals surface area contributed by atoms with E-state index < -0.39 is 74.9 Å². The maximum Gasteiger partial charge on any atom is 0.427 e. The molecule has 3 rings (SSSR count). The van der Waals surface area contributed by atoms with Crippen molar-refractivity contribution in [1.82, 2.24) is 0 Å². The number of sulfonamides is 1. The van der Waals surface area contributed by atoms with Gasteiger partial charge in [-0.3, -0.25) is 14.4 Å². The Morgan fingerprint density at radius 1 is 1.12 bits per heavy atom. The minimum atomic E-state index is -5.24. The van der Waals surface area contributed by atoms with Gasteiger partial charge in [0.2, 0.25) is 5.60 Å². The van der Waals surface area contributed by atoms with Crippen LogP contribution in [0.15, 0.2) is 41.3 Å². The highest BCUT2D eigenvalue weighted by atomic mass is 32.2. The molecule has 1 aliphatic rings.